The number of anilines is 1. The van der Waals surface area contributed by atoms with E-state index < -0.39 is 10.8 Å². The maximum absolute atomic E-state index is 13.2. The predicted octanol–water partition coefficient (Wildman–Crippen LogP) is 1.86. The first-order valence-electron chi connectivity index (χ1n) is 7.29. The molecule has 9 heteroatoms. The Kier molecular flexibility index (Phi) is 4.05. The Bertz CT molecular complexity index is 797. The smallest absolute Gasteiger partial charge is 0.270 e. The summed E-state index contributed by atoms with van der Waals surface area (Å²) in [5.74, 6) is -1.02. The summed E-state index contributed by atoms with van der Waals surface area (Å²) < 4.78 is 0. The van der Waals surface area contributed by atoms with Gasteiger partial charge in [0, 0.05) is 31.0 Å². The van der Waals surface area contributed by atoms with Crippen LogP contribution in [0.3, 0.4) is 0 Å². The largest absolute Gasteiger partial charge is 0.309 e. The standard InChI is InChI=1S/C15H15ClN4O3S/c1-4-19-12-6-5-10(16)7-11(12)15(13(19)23)20(9(3)22)18-14(24-15)17-8(2)21/h5-7H,4H2,1-3H3,(H,17,18,21)/t15-/m1/s1. The van der Waals surface area contributed by atoms with E-state index in [0.717, 1.165) is 16.8 Å². The molecule has 1 spiro atoms. The third kappa shape index (κ3) is 2.29. The van der Waals surface area contributed by atoms with Crippen molar-refractivity contribution in [3.05, 3.63) is 28.8 Å². The van der Waals surface area contributed by atoms with Crippen molar-refractivity contribution in [1.82, 2.24) is 10.3 Å². The van der Waals surface area contributed by atoms with Crippen molar-refractivity contribution >= 4 is 51.9 Å². The fourth-order valence-corrected chi connectivity index (χ4v) is 4.39. The van der Waals surface area contributed by atoms with Crippen LogP contribution in [0.4, 0.5) is 5.69 Å². The molecule has 0 aliphatic carbocycles. The first-order valence-corrected chi connectivity index (χ1v) is 8.48. The molecule has 0 unspecified atom stereocenters. The van der Waals surface area contributed by atoms with Gasteiger partial charge in [-0.2, -0.15) is 5.01 Å². The lowest BCUT2D eigenvalue weighted by Crippen LogP contribution is -2.48. The number of nitrogens with zero attached hydrogens (tertiary/aromatic N) is 3. The van der Waals surface area contributed by atoms with Gasteiger partial charge in [-0.3, -0.25) is 14.4 Å². The van der Waals surface area contributed by atoms with E-state index in [1.54, 1.807) is 23.1 Å². The van der Waals surface area contributed by atoms with E-state index in [-0.39, 0.29) is 17.0 Å². The molecule has 0 fully saturated rings. The predicted molar refractivity (Wildman–Crippen MR) is 92.5 cm³/mol. The van der Waals surface area contributed by atoms with E-state index in [2.05, 4.69) is 10.4 Å². The van der Waals surface area contributed by atoms with Crippen LogP contribution in [0.2, 0.25) is 5.02 Å². The zero-order valence-electron chi connectivity index (χ0n) is 13.3. The Balaban J connectivity index is 2.19. The zero-order chi connectivity index (χ0) is 17.6. The minimum atomic E-state index is -1.38. The molecule has 1 aromatic carbocycles. The molecule has 7 nitrogen and oxygen atoms in total. The van der Waals surface area contributed by atoms with E-state index in [9.17, 15) is 14.4 Å². The first-order chi connectivity index (χ1) is 11.3. The van der Waals surface area contributed by atoms with Crippen LogP contribution in [0.5, 0.6) is 0 Å². The van der Waals surface area contributed by atoms with Crippen LogP contribution in [0.25, 0.3) is 0 Å². The number of amidine groups is 1. The lowest BCUT2D eigenvalue weighted by molar-refractivity contribution is -0.139. The van der Waals surface area contributed by atoms with Gasteiger partial charge in [0.15, 0.2) is 5.17 Å². The van der Waals surface area contributed by atoms with E-state index in [1.165, 1.54) is 13.8 Å². The molecule has 0 saturated heterocycles. The van der Waals surface area contributed by atoms with Gasteiger partial charge in [0.25, 0.3) is 5.91 Å². The highest BCUT2D eigenvalue weighted by Gasteiger charge is 2.60. The number of hydrazone groups is 1. The van der Waals surface area contributed by atoms with Crippen molar-refractivity contribution in [2.45, 2.75) is 25.6 Å². The van der Waals surface area contributed by atoms with Crippen molar-refractivity contribution in [2.24, 2.45) is 5.10 Å². The summed E-state index contributed by atoms with van der Waals surface area (Å²) in [6, 6.07) is 5.12. The van der Waals surface area contributed by atoms with Crippen LogP contribution in [0, 0.1) is 0 Å². The number of amides is 3. The van der Waals surface area contributed by atoms with Crippen LogP contribution in [0.1, 0.15) is 26.3 Å². The number of carbonyl (C=O) groups is 3. The molecule has 3 amide bonds. The van der Waals surface area contributed by atoms with Crippen molar-refractivity contribution in [3.63, 3.8) is 0 Å². The van der Waals surface area contributed by atoms with Gasteiger partial charge in [0.2, 0.25) is 16.7 Å². The Morgan fingerprint density at radius 1 is 1.38 bits per heavy atom. The second kappa shape index (κ2) is 5.78. The van der Waals surface area contributed by atoms with Gasteiger partial charge in [-0.05, 0) is 36.9 Å². The minimum absolute atomic E-state index is 0.204. The quantitative estimate of drug-likeness (QED) is 0.822. The summed E-state index contributed by atoms with van der Waals surface area (Å²) in [6.45, 7) is 4.96. The summed E-state index contributed by atoms with van der Waals surface area (Å²) >= 11 is 7.16. The Morgan fingerprint density at radius 2 is 2.08 bits per heavy atom. The van der Waals surface area contributed by atoms with Crippen molar-refractivity contribution in [1.29, 1.82) is 0 Å². The molecular formula is C15H15ClN4O3S. The SMILES string of the molecule is CCN1C(=O)[C@]2(SC(NC(C)=O)=NN2C(C)=O)c2cc(Cl)ccc21. The highest BCUT2D eigenvalue weighted by molar-refractivity contribution is 8.15. The number of nitrogens with one attached hydrogen (secondary N) is 1. The van der Waals surface area contributed by atoms with Gasteiger partial charge in [-0.1, -0.05) is 11.6 Å². The maximum atomic E-state index is 13.2. The van der Waals surface area contributed by atoms with Crippen LogP contribution < -0.4 is 10.2 Å². The molecule has 0 bridgehead atoms. The third-order valence-electron chi connectivity index (χ3n) is 3.78. The van der Waals surface area contributed by atoms with E-state index >= 15 is 0 Å². The lowest BCUT2D eigenvalue weighted by Gasteiger charge is -2.29. The average Bonchev–Trinajstić information content (AvgIpc) is 2.98. The number of fused-ring (bicyclic) bond motifs is 2. The molecule has 1 N–H and O–H groups in total. The summed E-state index contributed by atoms with van der Waals surface area (Å²) in [4.78, 5) is 36.9. The molecule has 126 valence electrons. The van der Waals surface area contributed by atoms with Gasteiger partial charge in [0.05, 0.1) is 5.69 Å². The molecule has 2 aliphatic heterocycles. The molecular weight excluding hydrogens is 352 g/mol. The van der Waals surface area contributed by atoms with Crippen LogP contribution in [0.15, 0.2) is 23.3 Å². The van der Waals surface area contributed by atoms with Gasteiger partial charge in [-0.15, -0.1) is 5.10 Å². The lowest BCUT2D eigenvalue weighted by atomic mass is 10.1. The number of benzene rings is 1. The molecule has 1 aromatic rings. The van der Waals surface area contributed by atoms with Crippen LogP contribution in [-0.4, -0.2) is 34.4 Å². The number of halogens is 1. The summed E-state index contributed by atoms with van der Waals surface area (Å²) in [5, 5.41) is 8.48. The van der Waals surface area contributed by atoms with E-state index in [4.69, 9.17) is 11.6 Å². The average molecular weight is 367 g/mol. The fraction of sp³-hybridized carbons (Fsp3) is 0.333. The second-order valence-electron chi connectivity index (χ2n) is 5.37. The van der Waals surface area contributed by atoms with Crippen LogP contribution >= 0.6 is 23.4 Å². The summed E-state index contributed by atoms with van der Waals surface area (Å²) in [6.07, 6.45) is 0. The molecule has 2 aliphatic rings. The third-order valence-corrected chi connectivity index (χ3v) is 5.26. The Labute approximate surface area is 148 Å². The van der Waals surface area contributed by atoms with Gasteiger partial charge in [-0.25, -0.2) is 0 Å². The first kappa shape index (κ1) is 16.8. The number of likely N-dealkylation sites (N-methyl/N-ethyl adjacent to an activating group) is 1. The number of rotatable bonds is 1. The molecule has 3 rings (SSSR count). The normalized spacial score (nSPS) is 22.0. The number of hydrogen-bond acceptors (Lipinski definition) is 5. The maximum Gasteiger partial charge on any atom is 0.270 e. The highest BCUT2D eigenvalue weighted by Crippen LogP contribution is 2.54. The number of carbonyl (C=O) groups excluding carboxylic acids is 3. The molecule has 1 atom stereocenters. The molecule has 24 heavy (non-hydrogen) atoms. The highest BCUT2D eigenvalue weighted by atomic mass is 35.5. The monoisotopic (exact) mass is 366 g/mol. The molecule has 0 aromatic heterocycles. The molecule has 0 radical (unpaired) electrons. The van der Waals surface area contributed by atoms with E-state index in [1.807, 2.05) is 6.92 Å². The molecule has 2 heterocycles. The van der Waals surface area contributed by atoms with Crippen LogP contribution in [-0.2, 0) is 19.3 Å². The topological polar surface area (TPSA) is 82.1 Å². The number of thioether (sulfide) groups is 1. The van der Waals surface area contributed by atoms with Crippen molar-refractivity contribution < 1.29 is 14.4 Å². The summed E-state index contributed by atoms with van der Waals surface area (Å²) in [7, 11) is 0. The number of hydrogen-bond donors (Lipinski definition) is 1. The van der Waals surface area contributed by atoms with Crippen molar-refractivity contribution in [3.8, 4) is 0 Å². The Morgan fingerprint density at radius 3 is 2.67 bits per heavy atom. The molecule has 0 saturated carbocycles. The summed E-state index contributed by atoms with van der Waals surface area (Å²) in [5.41, 5.74) is 1.27. The minimum Gasteiger partial charge on any atom is -0.309 e. The van der Waals surface area contributed by atoms with Crippen molar-refractivity contribution in [2.75, 3.05) is 11.4 Å². The van der Waals surface area contributed by atoms with Gasteiger partial charge >= 0.3 is 0 Å². The zero-order valence-corrected chi connectivity index (χ0v) is 14.9. The van der Waals surface area contributed by atoms with Gasteiger partial charge in [0.1, 0.15) is 0 Å². The Hall–Kier alpha value is -2.06. The second-order valence-corrected chi connectivity index (χ2v) is 6.99. The fourth-order valence-electron chi connectivity index (χ4n) is 2.90. The van der Waals surface area contributed by atoms with Gasteiger partial charge < -0.3 is 10.2 Å². The van der Waals surface area contributed by atoms with E-state index in [0.29, 0.717) is 22.8 Å².